The molecule has 0 saturated heterocycles. The molecule has 3 heterocycles. The molecule has 1 aliphatic rings. The maximum atomic E-state index is 12.6. The first-order valence-electron chi connectivity index (χ1n) is 8.86. The van der Waals surface area contributed by atoms with Gasteiger partial charge in [0.25, 0.3) is 5.78 Å². The summed E-state index contributed by atoms with van der Waals surface area (Å²) < 4.78 is 7.07. The van der Waals surface area contributed by atoms with Gasteiger partial charge >= 0.3 is 0 Å². The smallest absolute Gasteiger partial charge is 0.253 e. The maximum Gasteiger partial charge on any atom is 0.253 e. The minimum absolute atomic E-state index is 0.0157. The number of rotatable bonds is 4. The lowest BCUT2D eigenvalue weighted by molar-refractivity contribution is 0.0958. The van der Waals surface area contributed by atoms with E-state index >= 15 is 0 Å². The van der Waals surface area contributed by atoms with Crippen molar-refractivity contribution in [2.75, 3.05) is 0 Å². The summed E-state index contributed by atoms with van der Waals surface area (Å²) in [5.41, 5.74) is 2.39. The molecule has 28 heavy (non-hydrogen) atoms. The third-order valence-electron chi connectivity index (χ3n) is 4.82. The highest BCUT2D eigenvalue weighted by molar-refractivity contribution is 7.98. The van der Waals surface area contributed by atoms with Crippen LogP contribution in [0.5, 0.6) is 0 Å². The van der Waals surface area contributed by atoms with E-state index in [9.17, 15) is 4.79 Å². The molecular formula is C20H15ClN4O2S. The number of carbonyl (C=O) groups is 1. The van der Waals surface area contributed by atoms with E-state index in [0.717, 1.165) is 22.0 Å². The van der Waals surface area contributed by atoms with Crippen LogP contribution in [0, 0.1) is 0 Å². The molecule has 3 aromatic heterocycles. The van der Waals surface area contributed by atoms with Crippen LogP contribution in [0.25, 0.3) is 5.78 Å². The number of hydrogen-bond donors (Lipinski definition) is 0. The normalized spacial score (nSPS) is 16.5. The monoisotopic (exact) mass is 410 g/mol. The Morgan fingerprint density at radius 3 is 2.89 bits per heavy atom. The molecule has 4 aromatic rings. The third-order valence-corrected chi connectivity index (χ3v) is 6.08. The van der Waals surface area contributed by atoms with Gasteiger partial charge in [0.05, 0.1) is 17.5 Å². The van der Waals surface area contributed by atoms with Gasteiger partial charge in [0.15, 0.2) is 5.78 Å². The summed E-state index contributed by atoms with van der Waals surface area (Å²) in [6, 6.07) is 11.5. The lowest BCUT2D eigenvalue weighted by Gasteiger charge is -2.20. The number of nitrogens with zero attached hydrogens (tertiary/aromatic N) is 4. The quantitative estimate of drug-likeness (QED) is 0.458. The molecule has 5 rings (SSSR count). The van der Waals surface area contributed by atoms with E-state index < -0.39 is 0 Å². The van der Waals surface area contributed by atoms with Gasteiger partial charge in [-0.25, -0.2) is 9.50 Å². The van der Waals surface area contributed by atoms with E-state index in [1.54, 1.807) is 17.0 Å². The molecule has 0 amide bonds. The number of furan rings is 1. The van der Waals surface area contributed by atoms with E-state index in [-0.39, 0.29) is 11.7 Å². The lowest BCUT2D eigenvalue weighted by atomic mass is 9.85. The molecule has 1 aliphatic carbocycles. The minimum atomic E-state index is 0.0157. The first-order valence-corrected chi connectivity index (χ1v) is 10.2. The zero-order valence-electron chi connectivity index (χ0n) is 14.7. The van der Waals surface area contributed by atoms with Crippen molar-refractivity contribution >= 4 is 34.9 Å². The Kier molecular flexibility index (Phi) is 4.41. The Balaban J connectivity index is 1.42. The van der Waals surface area contributed by atoms with Crippen LogP contribution in [0.2, 0.25) is 5.02 Å². The Labute approximate surface area is 169 Å². The number of carbonyl (C=O) groups excluding carboxylic acids is 1. The molecule has 0 aliphatic heterocycles. The molecule has 8 heteroatoms. The Morgan fingerprint density at radius 1 is 1.18 bits per heavy atom. The highest BCUT2D eigenvalue weighted by Crippen LogP contribution is 2.32. The van der Waals surface area contributed by atoms with E-state index in [1.165, 1.54) is 11.8 Å². The summed E-state index contributed by atoms with van der Waals surface area (Å²) in [5, 5.41) is 5.79. The molecule has 6 nitrogen and oxygen atoms in total. The Bertz CT molecular complexity index is 1170. The van der Waals surface area contributed by atoms with E-state index in [4.69, 9.17) is 16.0 Å². The van der Waals surface area contributed by atoms with Gasteiger partial charge in [-0.05, 0) is 23.8 Å². The van der Waals surface area contributed by atoms with Gasteiger partial charge in [-0.1, -0.05) is 41.6 Å². The number of ketones is 1. The van der Waals surface area contributed by atoms with E-state index in [1.807, 2.05) is 36.4 Å². The van der Waals surface area contributed by atoms with Crippen molar-refractivity contribution in [3.8, 4) is 0 Å². The number of Topliss-reactive ketones (excluding diaryl/α,β-unsaturated/α-hetero) is 1. The number of fused-ring (bicyclic) bond motifs is 2. The predicted molar refractivity (Wildman–Crippen MR) is 106 cm³/mol. The first-order chi connectivity index (χ1) is 13.7. The summed E-state index contributed by atoms with van der Waals surface area (Å²) in [6.07, 6.45) is 4.44. The van der Waals surface area contributed by atoms with Gasteiger partial charge in [0.2, 0.25) is 5.16 Å². The van der Waals surface area contributed by atoms with Crippen LogP contribution < -0.4 is 0 Å². The number of aromatic nitrogens is 4. The second-order valence-electron chi connectivity index (χ2n) is 6.66. The molecular weight excluding hydrogens is 396 g/mol. The molecule has 140 valence electrons. The Hall–Kier alpha value is -2.64. The fraction of sp³-hybridized carbons (Fsp3) is 0.200. The van der Waals surface area contributed by atoms with Crippen molar-refractivity contribution < 1.29 is 9.21 Å². The summed E-state index contributed by atoms with van der Waals surface area (Å²) in [7, 11) is 0. The molecule has 0 radical (unpaired) electrons. The molecule has 0 spiro atoms. The minimum Gasteiger partial charge on any atom is -0.469 e. The predicted octanol–water partition coefficient (Wildman–Crippen LogP) is 4.58. The van der Waals surface area contributed by atoms with Gasteiger partial charge < -0.3 is 4.42 Å². The second-order valence-corrected chi connectivity index (χ2v) is 8.01. The molecule has 0 fully saturated rings. The van der Waals surface area contributed by atoms with E-state index in [2.05, 4.69) is 15.1 Å². The van der Waals surface area contributed by atoms with Gasteiger partial charge in [-0.15, -0.1) is 5.10 Å². The average molecular weight is 411 g/mol. The van der Waals surface area contributed by atoms with Gasteiger partial charge in [-0.2, -0.15) is 4.98 Å². The zero-order chi connectivity index (χ0) is 19.1. The fourth-order valence-electron chi connectivity index (χ4n) is 3.41. The average Bonchev–Trinajstić information content (AvgIpc) is 3.35. The number of halogens is 1. The molecule has 0 saturated carbocycles. The third kappa shape index (κ3) is 3.21. The Morgan fingerprint density at radius 2 is 2.07 bits per heavy atom. The molecule has 0 bridgehead atoms. The standard InChI is InChI=1S/C20H15ClN4O2S/c21-15-5-2-1-4-12(15)11-28-20-23-19-22-16-8-13(18-6-3-7-27-18)9-17(26)14(16)10-25(19)24-20/h1-7,10,13H,8-9,11H2. The van der Waals surface area contributed by atoms with Crippen LogP contribution in [0.15, 0.2) is 58.4 Å². The van der Waals surface area contributed by atoms with Crippen LogP contribution in [0.3, 0.4) is 0 Å². The summed E-state index contributed by atoms with van der Waals surface area (Å²) in [5.74, 6) is 2.04. The van der Waals surface area contributed by atoms with Gasteiger partial charge in [0.1, 0.15) is 5.76 Å². The molecule has 0 N–H and O–H groups in total. The molecule has 1 unspecified atom stereocenters. The topological polar surface area (TPSA) is 73.3 Å². The lowest BCUT2D eigenvalue weighted by Crippen LogP contribution is -2.21. The maximum absolute atomic E-state index is 12.6. The van der Waals surface area contributed by atoms with Crippen LogP contribution in [-0.4, -0.2) is 25.4 Å². The summed E-state index contributed by atoms with van der Waals surface area (Å²) >= 11 is 7.70. The van der Waals surface area contributed by atoms with Crippen molar-refractivity contribution in [2.24, 2.45) is 0 Å². The number of benzene rings is 1. The van der Waals surface area contributed by atoms with Gasteiger partial charge in [0, 0.05) is 35.7 Å². The van der Waals surface area contributed by atoms with Crippen molar-refractivity contribution in [1.29, 1.82) is 0 Å². The molecule has 1 aromatic carbocycles. The SMILES string of the molecule is O=C1CC(c2ccco2)Cc2nc3nc(SCc4ccccc4Cl)nn3cc21. The first kappa shape index (κ1) is 17.5. The summed E-state index contributed by atoms with van der Waals surface area (Å²) in [4.78, 5) is 21.7. The van der Waals surface area contributed by atoms with Crippen molar-refractivity contribution in [1.82, 2.24) is 19.6 Å². The van der Waals surface area contributed by atoms with Crippen molar-refractivity contribution in [3.05, 3.63) is 76.5 Å². The highest BCUT2D eigenvalue weighted by atomic mass is 35.5. The zero-order valence-corrected chi connectivity index (χ0v) is 16.3. The van der Waals surface area contributed by atoms with Crippen molar-refractivity contribution in [2.45, 2.75) is 29.7 Å². The highest BCUT2D eigenvalue weighted by Gasteiger charge is 2.30. The fourth-order valence-corrected chi connectivity index (χ4v) is 4.52. The van der Waals surface area contributed by atoms with Crippen LogP contribution in [0.4, 0.5) is 0 Å². The van der Waals surface area contributed by atoms with Gasteiger partial charge in [-0.3, -0.25) is 4.79 Å². The number of thioether (sulfide) groups is 1. The largest absolute Gasteiger partial charge is 0.469 e. The van der Waals surface area contributed by atoms with E-state index in [0.29, 0.717) is 35.1 Å². The number of hydrogen-bond acceptors (Lipinski definition) is 6. The van der Waals surface area contributed by atoms with Crippen LogP contribution in [0.1, 0.15) is 39.7 Å². The second kappa shape index (κ2) is 7.07. The van der Waals surface area contributed by atoms with Crippen molar-refractivity contribution in [3.63, 3.8) is 0 Å². The summed E-state index contributed by atoms with van der Waals surface area (Å²) in [6.45, 7) is 0. The molecule has 1 atom stereocenters. The van der Waals surface area contributed by atoms with Crippen LogP contribution in [-0.2, 0) is 12.2 Å². The van der Waals surface area contributed by atoms with Crippen LogP contribution >= 0.6 is 23.4 Å².